The minimum absolute atomic E-state index is 0.0216. The molecule has 2 N–H and O–H groups in total. The van der Waals surface area contributed by atoms with E-state index in [9.17, 15) is 14.4 Å². The molecule has 0 aromatic heterocycles. The van der Waals surface area contributed by atoms with Crippen LogP contribution in [0.1, 0.15) is 55.8 Å². The van der Waals surface area contributed by atoms with Crippen LogP contribution in [0.15, 0.2) is 91.0 Å². The number of para-hydroxylation sites is 2. The Labute approximate surface area is 408 Å². The van der Waals surface area contributed by atoms with Gasteiger partial charge >= 0.3 is 5.97 Å². The van der Waals surface area contributed by atoms with Crippen molar-refractivity contribution in [1.82, 2.24) is 0 Å². The number of esters is 1. The lowest BCUT2D eigenvalue weighted by Gasteiger charge is -2.26. The van der Waals surface area contributed by atoms with Crippen molar-refractivity contribution in [2.24, 2.45) is 0 Å². The fourth-order valence-electron chi connectivity index (χ4n) is 9.76. The molecule has 9 rings (SSSR count). The number of nitrogens with one attached hydrogen (secondary N) is 2. The molecule has 368 valence electrons. The molecule has 0 saturated heterocycles. The maximum atomic E-state index is 14.2. The molecule has 0 unspecified atom stereocenters. The number of hydrogen-bond donors (Lipinski definition) is 2. The fourth-order valence-corrected chi connectivity index (χ4v) is 9.76. The minimum atomic E-state index is -0.284. The predicted octanol–water partition coefficient (Wildman–Crippen LogP) is 7.30. The average molecular weight is 956 g/mol. The monoisotopic (exact) mass is 955 g/mol. The first-order valence-electron chi connectivity index (χ1n) is 23.9. The number of ether oxygens (including phenoxy) is 8. The van der Waals surface area contributed by atoms with Crippen LogP contribution in [0.25, 0.3) is 0 Å². The van der Waals surface area contributed by atoms with Crippen molar-refractivity contribution >= 4 is 46.2 Å². The summed E-state index contributed by atoms with van der Waals surface area (Å²) in [5.74, 6) is 1.35. The van der Waals surface area contributed by atoms with E-state index in [1.807, 2.05) is 64.4 Å². The first kappa shape index (κ1) is 48.0. The van der Waals surface area contributed by atoms with E-state index < -0.39 is 0 Å². The number of nitrogens with zero attached hydrogens (tertiary/aromatic N) is 3. The zero-order valence-corrected chi connectivity index (χ0v) is 40.3. The van der Waals surface area contributed by atoms with Gasteiger partial charge in [-0.3, -0.25) is 14.4 Å². The molecule has 0 radical (unpaired) electrons. The van der Waals surface area contributed by atoms with Crippen molar-refractivity contribution in [1.29, 1.82) is 0 Å². The molecule has 16 nitrogen and oxygen atoms in total. The van der Waals surface area contributed by atoms with Gasteiger partial charge in [0, 0.05) is 68.9 Å². The molecule has 16 heteroatoms. The highest BCUT2D eigenvalue weighted by Crippen LogP contribution is 2.43. The van der Waals surface area contributed by atoms with Crippen LogP contribution in [0.2, 0.25) is 0 Å². The molecule has 5 aromatic carbocycles. The summed E-state index contributed by atoms with van der Waals surface area (Å²) in [6.45, 7) is 4.75. The smallest absolute Gasteiger partial charge is 0.305 e. The van der Waals surface area contributed by atoms with Crippen LogP contribution in [0, 0.1) is 0 Å². The molecule has 4 aliphatic heterocycles. The summed E-state index contributed by atoms with van der Waals surface area (Å²) < 4.78 is 46.5. The van der Waals surface area contributed by atoms with Crippen molar-refractivity contribution in [2.75, 3.05) is 113 Å². The van der Waals surface area contributed by atoms with Crippen LogP contribution in [-0.2, 0) is 49.8 Å². The molecular formula is C54H61N5O11. The lowest BCUT2D eigenvalue weighted by molar-refractivity contribution is -0.140. The van der Waals surface area contributed by atoms with Crippen LogP contribution in [-0.4, -0.2) is 118 Å². The number of methoxy groups -OCH3 is 4. The summed E-state index contributed by atoms with van der Waals surface area (Å²) in [6, 6.07) is 29.4. The molecule has 2 atom stereocenters. The largest absolute Gasteiger partial charge is 0.493 e. The van der Waals surface area contributed by atoms with Crippen molar-refractivity contribution < 1.29 is 52.3 Å². The zero-order valence-electron chi connectivity index (χ0n) is 40.3. The van der Waals surface area contributed by atoms with Gasteiger partial charge in [-0.1, -0.05) is 36.4 Å². The second-order valence-corrected chi connectivity index (χ2v) is 17.7. The summed E-state index contributed by atoms with van der Waals surface area (Å²) in [5, 5.41) is 7.05. The number of amides is 2. The van der Waals surface area contributed by atoms with Gasteiger partial charge in [-0.2, -0.15) is 0 Å². The molecule has 4 heterocycles. The average Bonchev–Trinajstić information content (AvgIpc) is 3.88. The van der Waals surface area contributed by atoms with E-state index in [1.54, 1.807) is 33.5 Å². The van der Waals surface area contributed by atoms with Crippen LogP contribution >= 0.6 is 0 Å². The number of fused-ring (bicyclic) bond motifs is 8. The van der Waals surface area contributed by atoms with Gasteiger partial charge in [0.1, 0.15) is 13.2 Å². The second kappa shape index (κ2) is 22.2. The molecule has 0 fully saturated rings. The Morgan fingerprint density at radius 1 is 0.614 bits per heavy atom. The fraction of sp³-hybridized carbons (Fsp3) is 0.389. The van der Waals surface area contributed by atoms with Gasteiger partial charge in [-0.05, 0) is 84.0 Å². The third kappa shape index (κ3) is 10.4. The highest BCUT2D eigenvalue weighted by Gasteiger charge is 2.39. The zero-order chi connectivity index (χ0) is 48.6. The highest BCUT2D eigenvalue weighted by molar-refractivity contribution is 6.13. The lowest BCUT2D eigenvalue weighted by Crippen LogP contribution is -2.39. The lowest BCUT2D eigenvalue weighted by atomic mass is 10.1. The Morgan fingerprint density at radius 3 is 1.64 bits per heavy atom. The van der Waals surface area contributed by atoms with E-state index in [1.165, 1.54) is 7.11 Å². The first-order chi connectivity index (χ1) is 34.3. The molecule has 0 saturated carbocycles. The van der Waals surface area contributed by atoms with Gasteiger partial charge in [0.25, 0.3) is 11.8 Å². The van der Waals surface area contributed by atoms with Gasteiger partial charge in [0.05, 0.1) is 88.9 Å². The molecule has 5 aromatic rings. The Kier molecular flexibility index (Phi) is 15.2. The van der Waals surface area contributed by atoms with Crippen molar-refractivity contribution in [3.05, 3.63) is 124 Å². The molecule has 70 heavy (non-hydrogen) atoms. The third-order valence-electron chi connectivity index (χ3n) is 13.2. The number of benzene rings is 5. The van der Waals surface area contributed by atoms with Gasteiger partial charge in [-0.15, -0.1) is 0 Å². The standard InChI is InChI=1S/C54H61N5O11/c1-63-18-19-68-21-20-67-17-16-57(15-9-14-52(60)66-4)39-23-35(33-69-50-29-44-42(27-48(50)64-2)53(61)58-40(31-55-44)25-37-10-5-7-12-46(37)58)22-36(24-39)34-70-51-30-45-43(28-49(51)65-3)54(62)59-41(32-56-45)26-38-11-6-8-13-47(38)59/h5-8,10-13,22-24,27-30,40-41,55-56H,9,14-21,25-26,31-34H2,1-4H3/t40-,41-/m0/s1. The van der Waals surface area contributed by atoms with E-state index in [0.29, 0.717) is 111 Å². The number of anilines is 5. The van der Waals surface area contributed by atoms with Gasteiger partial charge < -0.3 is 63.2 Å². The predicted molar refractivity (Wildman–Crippen MR) is 267 cm³/mol. The molecule has 0 spiro atoms. The second-order valence-electron chi connectivity index (χ2n) is 17.7. The van der Waals surface area contributed by atoms with Crippen molar-refractivity contribution in [3.63, 3.8) is 0 Å². The summed E-state index contributed by atoms with van der Waals surface area (Å²) in [4.78, 5) is 46.5. The molecule has 4 aliphatic rings. The van der Waals surface area contributed by atoms with Gasteiger partial charge in [0.15, 0.2) is 23.0 Å². The van der Waals surface area contributed by atoms with Crippen LogP contribution in [0.5, 0.6) is 23.0 Å². The maximum Gasteiger partial charge on any atom is 0.305 e. The van der Waals surface area contributed by atoms with E-state index in [-0.39, 0.29) is 49.5 Å². The maximum absolute atomic E-state index is 14.2. The van der Waals surface area contributed by atoms with E-state index in [2.05, 4.69) is 39.8 Å². The number of carbonyl (C=O) groups excluding carboxylic acids is 3. The summed E-state index contributed by atoms with van der Waals surface area (Å²) in [6.07, 6.45) is 2.33. The Bertz CT molecular complexity index is 2540. The molecule has 2 amide bonds. The van der Waals surface area contributed by atoms with E-state index in [4.69, 9.17) is 37.9 Å². The first-order valence-corrected chi connectivity index (χ1v) is 23.9. The molecular weight excluding hydrogens is 895 g/mol. The van der Waals surface area contributed by atoms with Crippen molar-refractivity contribution in [3.8, 4) is 23.0 Å². The Hall–Kier alpha value is -7.01. The van der Waals surface area contributed by atoms with E-state index >= 15 is 0 Å². The molecule has 0 bridgehead atoms. The van der Waals surface area contributed by atoms with Crippen molar-refractivity contribution in [2.45, 2.75) is 51.0 Å². The number of hydrogen-bond acceptors (Lipinski definition) is 14. The minimum Gasteiger partial charge on any atom is -0.493 e. The Balaban J connectivity index is 0.984. The summed E-state index contributed by atoms with van der Waals surface area (Å²) >= 11 is 0. The summed E-state index contributed by atoms with van der Waals surface area (Å²) in [7, 11) is 6.16. The van der Waals surface area contributed by atoms with Gasteiger partial charge in [0.2, 0.25) is 0 Å². The van der Waals surface area contributed by atoms with Crippen LogP contribution in [0.3, 0.4) is 0 Å². The van der Waals surface area contributed by atoms with E-state index in [0.717, 1.165) is 52.2 Å². The highest BCUT2D eigenvalue weighted by atomic mass is 16.5. The third-order valence-corrected chi connectivity index (χ3v) is 13.2. The SMILES string of the molecule is COCCOCCOCCN(CCCC(=O)OC)c1cc(COc2cc3c(cc2OC)C(=O)N2c4ccccc4C[C@H]2CN3)cc(COc2cc3c(cc2OC)C(=O)N2c4ccccc4C[C@H]2CN3)c1. The number of carbonyl (C=O) groups is 3. The van der Waals surface area contributed by atoms with Crippen LogP contribution < -0.4 is 44.3 Å². The molecule has 0 aliphatic carbocycles. The number of rotatable bonds is 22. The van der Waals surface area contributed by atoms with Gasteiger partial charge in [-0.25, -0.2) is 0 Å². The normalized spacial score (nSPS) is 16.3. The topological polar surface area (TPSA) is 159 Å². The summed E-state index contributed by atoms with van der Waals surface area (Å²) in [5.41, 5.74) is 9.08. The van der Waals surface area contributed by atoms with Crippen LogP contribution in [0.4, 0.5) is 28.4 Å². The Morgan fingerprint density at radius 2 is 1.13 bits per heavy atom. The quantitative estimate of drug-likeness (QED) is 0.0526.